The Balaban J connectivity index is 0.000000206. The molecule has 0 aliphatic carbocycles. The highest BCUT2D eigenvalue weighted by Gasteiger charge is 2.24. The van der Waals surface area contributed by atoms with Gasteiger partial charge in [-0.15, -0.1) is 0 Å². The number of aromatic nitrogens is 1. The summed E-state index contributed by atoms with van der Waals surface area (Å²) in [6.45, 7) is 0. The lowest BCUT2D eigenvalue weighted by atomic mass is 10.2. The summed E-state index contributed by atoms with van der Waals surface area (Å²) < 4.78 is 2.12. The van der Waals surface area contributed by atoms with Gasteiger partial charge in [-0.1, -0.05) is 12.1 Å². The Morgan fingerprint density at radius 1 is 0.815 bits per heavy atom. The minimum atomic E-state index is -1.46. The van der Waals surface area contributed by atoms with Crippen LogP contribution in [0.4, 0.5) is 17.1 Å². The number of nitrogens with zero attached hydrogens (tertiary/aromatic N) is 4. The van der Waals surface area contributed by atoms with Crippen LogP contribution in [-0.2, 0) is 7.05 Å². The molecule has 0 aliphatic heterocycles. The Morgan fingerprint density at radius 3 is 1.81 bits per heavy atom. The first-order valence-corrected chi connectivity index (χ1v) is 7.34. The molecule has 138 valence electrons. The van der Waals surface area contributed by atoms with Gasteiger partial charge in [0, 0.05) is 17.5 Å². The number of rotatable bonds is 3. The third-order valence-electron chi connectivity index (χ3n) is 3.54. The molecule has 11 heteroatoms. The lowest BCUT2D eigenvalue weighted by Crippen LogP contribution is -2.27. The maximum Gasteiger partial charge on any atom is 0.283 e. The molecule has 0 radical (unpaired) electrons. The van der Waals surface area contributed by atoms with Crippen LogP contribution >= 0.6 is 0 Å². The van der Waals surface area contributed by atoms with Gasteiger partial charge in [-0.2, -0.15) is 0 Å². The summed E-state index contributed by atoms with van der Waals surface area (Å²) in [6.07, 6.45) is 2.06. The van der Waals surface area contributed by atoms with Crippen molar-refractivity contribution in [3.63, 3.8) is 0 Å². The molecule has 27 heavy (non-hydrogen) atoms. The van der Waals surface area contributed by atoms with Gasteiger partial charge >= 0.3 is 0 Å². The van der Waals surface area contributed by atoms with E-state index in [0.717, 1.165) is 0 Å². The minimum absolute atomic E-state index is 0.384. The number of non-ortho nitro benzene ring substituents is 1. The van der Waals surface area contributed by atoms with Crippen LogP contribution in [0.3, 0.4) is 0 Å². The predicted molar refractivity (Wildman–Crippen MR) is 91.0 cm³/mol. The fourth-order valence-electron chi connectivity index (χ4n) is 2.27. The van der Waals surface area contributed by atoms with Crippen LogP contribution in [0, 0.1) is 30.3 Å². The van der Waals surface area contributed by atoms with Crippen LogP contribution in [0.15, 0.2) is 54.7 Å². The molecule has 1 heterocycles. The summed E-state index contributed by atoms with van der Waals surface area (Å²) in [5.74, 6) is -1.46. The Morgan fingerprint density at radius 2 is 1.33 bits per heavy atom. The fourth-order valence-corrected chi connectivity index (χ4v) is 2.27. The van der Waals surface area contributed by atoms with E-state index in [0.29, 0.717) is 12.1 Å². The molecule has 0 unspecified atom stereocenters. The quantitative estimate of drug-likeness (QED) is 0.387. The van der Waals surface area contributed by atoms with Gasteiger partial charge in [0.1, 0.15) is 7.05 Å². The highest BCUT2D eigenvalue weighted by Crippen LogP contribution is 2.36. The van der Waals surface area contributed by atoms with E-state index in [-0.39, 0.29) is 0 Å². The van der Waals surface area contributed by atoms with Crippen LogP contribution in [0.25, 0.3) is 10.9 Å². The van der Waals surface area contributed by atoms with Crippen molar-refractivity contribution in [1.82, 2.24) is 0 Å². The molecular weight excluding hydrogens is 360 g/mol. The number of pyridine rings is 1. The number of benzene rings is 2. The van der Waals surface area contributed by atoms with Crippen LogP contribution in [-0.4, -0.2) is 14.8 Å². The molecule has 0 saturated heterocycles. The second kappa shape index (κ2) is 7.82. The molecule has 0 bridgehead atoms. The second-order valence-corrected chi connectivity index (χ2v) is 5.26. The minimum Gasteiger partial charge on any atom is -0.863 e. The molecule has 0 fully saturated rings. The van der Waals surface area contributed by atoms with E-state index in [9.17, 15) is 35.4 Å². The summed E-state index contributed by atoms with van der Waals surface area (Å²) in [4.78, 5) is 27.5. The van der Waals surface area contributed by atoms with Crippen molar-refractivity contribution in [2.75, 3.05) is 0 Å². The highest BCUT2D eigenvalue weighted by molar-refractivity contribution is 5.74. The zero-order chi connectivity index (χ0) is 20.1. The molecular formula is C16H12N4O7. The van der Waals surface area contributed by atoms with Gasteiger partial charge in [0.15, 0.2) is 6.20 Å². The second-order valence-electron chi connectivity index (χ2n) is 5.26. The normalized spacial score (nSPS) is 9.96. The van der Waals surface area contributed by atoms with E-state index >= 15 is 0 Å². The topological polar surface area (TPSA) is 156 Å². The van der Waals surface area contributed by atoms with Gasteiger partial charge in [0.2, 0.25) is 5.52 Å². The lowest BCUT2D eigenvalue weighted by molar-refractivity contribution is -0.644. The van der Waals surface area contributed by atoms with Crippen molar-refractivity contribution in [1.29, 1.82) is 0 Å². The monoisotopic (exact) mass is 372 g/mol. The highest BCUT2D eigenvalue weighted by atomic mass is 16.6. The summed E-state index contributed by atoms with van der Waals surface area (Å²) in [6, 6.07) is 13.3. The van der Waals surface area contributed by atoms with Gasteiger partial charge in [0.05, 0.1) is 32.7 Å². The van der Waals surface area contributed by atoms with Gasteiger partial charge in [-0.25, -0.2) is 4.57 Å². The van der Waals surface area contributed by atoms with Crippen LogP contribution in [0.5, 0.6) is 5.75 Å². The van der Waals surface area contributed by atoms with Crippen molar-refractivity contribution in [2.45, 2.75) is 0 Å². The van der Waals surface area contributed by atoms with Gasteiger partial charge in [-0.3, -0.25) is 30.3 Å². The Labute approximate surface area is 151 Å². The van der Waals surface area contributed by atoms with E-state index < -0.39 is 37.6 Å². The molecule has 3 aromatic rings. The third kappa shape index (κ3) is 4.28. The fraction of sp³-hybridized carbons (Fsp3) is 0.0625. The molecule has 0 saturated carbocycles. The zero-order valence-electron chi connectivity index (χ0n) is 13.8. The van der Waals surface area contributed by atoms with Gasteiger partial charge in [0.25, 0.3) is 17.1 Å². The lowest BCUT2D eigenvalue weighted by Gasteiger charge is -2.06. The first kappa shape index (κ1) is 19.2. The van der Waals surface area contributed by atoms with E-state index in [1.807, 2.05) is 0 Å². The van der Waals surface area contributed by atoms with Crippen molar-refractivity contribution < 1.29 is 24.4 Å². The largest absolute Gasteiger partial charge is 0.863 e. The van der Waals surface area contributed by atoms with E-state index in [2.05, 4.69) is 54.2 Å². The summed E-state index contributed by atoms with van der Waals surface area (Å²) in [7, 11) is 2.06. The SMILES string of the molecule is C[n+]1cccc2ccccc21.O=[N+]([O-])c1cc([N+](=O)[O-])c([O-])c([N+](=O)[O-])c1. The number of hydrogen-bond acceptors (Lipinski definition) is 7. The zero-order valence-corrected chi connectivity index (χ0v) is 13.8. The van der Waals surface area contributed by atoms with E-state index in [1.165, 1.54) is 10.9 Å². The number of fused-ring (bicyclic) bond motifs is 1. The van der Waals surface area contributed by atoms with Gasteiger partial charge in [-0.05, 0) is 12.1 Å². The van der Waals surface area contributed by atoms with Crippen LogP contribution in [0.2, 0.25) is 0 Å². The van der Waals surface area contributed by atoms with Crippen molar-refractivity contribution in [2.24, 2.45) is 7.05 Å². The average molecular weight is 372 g/mol. The molecule has 0 atom stereocenters. The first-order valence-electron chi connectivity index (χ1n) is 7.34. The molecule has 0 N–H and O–H groups in total. The number of nitro benzene ring substituents is 3. The predicted octanol–water partition coefficient (Wildman–Crippen LogP) is 2.15. The summed E-state index contributed by atoms with van der Waals surface area (Å²) in [5, 5.41) is 43.4. The molecule has 2 aromatic carbocycles. The molecule has 0 spiro atoms. The van der Waals surface area contributed by atoms with Crippen LogP contribution in [0.1, 0.15) is 0 Å². The maximum absolute atomic E-state index is 11.1. The van der Waals surface area contributed by atoms with Crippen molar-refractivity contribution in [3.8, 4) is 5.75 Å². The molecule has 0 aliphatic rings. The summed E-state index contributed by atoms with van der Waals surface area (Å²) in [5.41, 5.74) is -1.99. The Bertz CT molecular complexity index is 1010. The standard InChI is InChI=1S/C10H10N.C6H3N3O7/c1-11-8-4-6-9-5-2-3-7-10(9)11;10-6-4(8(13)14)1-3(7(11)12)2-5(6)9(15)16/h2-8H,1H3;1-2,10H/q+1;/p-1. The summed E-state index contributed by atoms with van der Waals surface area (Å²) >= 11 is 0. The average Bonchev–Trinajstić information content (AvgIpc) is 2.62. The number of nitro groups is 3. The maximum atomic E-state index is 11.1. The first-order chi connectivity index (χ1) is 12.7. The van der Waals surface area contributed by atoms with E-state index in [4.69, 9.17) is 0 Å². The van der Waals surface area contributed by atoms with Crippen molar-refractivity contribution in [3.05, 3.63) is 85.1 Å². The van der Waals surface area contributed by atoms with Crippen LogP contribution < -0.4 is 9.67 Å². The van der Waals surface area contributed by atoms with Crippen molar-refractivity contribution >= 4 is 28.0 Å². The molecule has 1 aromatic heterocycles. The molecule has 0 amide bonds. The smallest absolute Gasteiger partial charge is 0.283 e. The Kier molecular flexibility index (Phi) is 5.56. The van der Waals surface area contributed by atoms with Gasteiger partial charge < -0.3 is 5.11 Å². The van der Waals surface area contributed by atoms with E-state index in [1.54, 1.807) is 0 Å². The molecule has 11 nitrogen and oxygen atoms in total. The molecule has 3 rings (SSSR count). The third-order valence-corrected chi connectivity index (χ3v) is 3.54. The number of para-hydroxylation sites is 1. The number of aryl methyl sites for hydroxylation is 1. The number of hydrogen-bond donors (Lipinski definition) is 0. The Hall–Kier alpha value is -4.15.